The molecular formula is C16H20O4. The highest BCUT2D eigenvalue weighted by atomic mass is 16.5. The summed E-state index contributed by atoms with van der Waals surface area (Å²) in [5, 5.41) is 20.2. The van der Waals surface area contributed by atoms with Crippen LogP contribution in [0.3, 0.4) is 0 Å². The first-order valence-corrected chi connectivity index (χ1v) is 6.34. The number of benzene rings is 1. The van der Waals surface area contributed by atoms with Gasteiger partial charge in [0.05, 0.1) is 7.11 Å². The van der Waals surface area contributed by atoms with E-state index in [-0.39, 0.29) is 28.6 Å². The molecule has 0 saturated carbocycles. The number of hydrogen-bond acceptors (Lipinski definition) is 4. The lowest BCUT2D eigenvalue weighted by atomic mass is 9.99. The van der Waals surface area contributed by atoms with Gasteiger partial charge in [0.15, 0.2) is 5.78 Å². The molecule has 0 fully saturated rings. The Bertz CT molecular complexity index is 564. The van der Waals surface area contributed by atoms with E-state index in [4.69, 9.17) is 4.74 Å². The lowest BCUT2D eigenvalue weighted by Gasteiger charge is -2.13. The van der Waals surface area contributed by atoms with Gasteiger partial charge in [-0.1, -0.05) is 17.7 Å². The Labute approximate surface area is 119 Å². The van der Waals surface area contributed by atoms with Gasteiger partial charge in [0.2, 0.25) is 0 Å². The molecule has 0 spiro atoms. The fourth-order valence-electron chi connectivity index (χ4n) is 1.81. The van der Waals surface area contributed by atoms with Gasteiger partial charge in [-0.3, -0.25) is 4.79 Å². The molecule has 0 saturated heterocycles. The van der Waals surface area contributed by atoms with Crippen molar-refractivity contribution in [3.8, 4) is 17.2 Å². The lowest BCUT2D eigenvalue weighted by molar-refractivity contribution is 0.104. The molecule has 1 aromatic carbocycles. The van der Waals surface area contributed by atoms with Crippen LogP contribution >= 0.6 is 0 Å². The van der Waals surface area contributed by atoms with Crippen LogP contribution in [-0.4, -0.2) is 23.1 Å². The molecule has 0 aliphatic carbocycles. The molecule has 0 aliphatic heterocycles. The number of carbonyl (C=O) groups is 1. The Kier molecular flexibility index (Phi) is 5.38. The summed E-state index contributed by atoms with van der Waals surface area (Å²) in [4.78, 5) is 12.0. The number of rotatable bonds is 5. The van der Waals surface area contributed by atoms with Crippen molar-refractivity contribution in [2.45, 2.75) is 27.2 Å². The highest BCUT2D eigenvalue weighted by Gasteiger charge is 2.21. The zero-order valence-corrected chi connectivity index (χ0v) is 12.2. The molecule has 0 aliphatic rings. The van der Waals surface area contributed by atoms with Crippen molar-refractivity contribution >= 4 is 5.78 Å². The molecule has 0 bridgehead atoms. The third-order valence-corrected chi connectivity index (χ3v) is 2.84. The van der Waals surface area contributed by atoms with Crippen LogP contribution in [0.15, 0.2) is 29.9 Å². The van der Waals surface area contributed by atoms with E-state index in [1.807, 2.05) is 19.9 Å². The molecule has 0 aromatic heterocycles. The summed E-state index contributed by atoms with van der Waals surface area (Å²) in [6, 6.07) is 1.35. The van der Waals surface area contributed by atoms with Crippen LogP contribution in [-0.2, 0) is 6.42 Å². The molecule has 108 valence electrons. The van der Waals surface area contributed by atoms with E-state index < -0.39 is 0 Å². The Morgan fingerprint density at radius 2 is 2.00 bits per heavy atom. The fourth-order valence-corrected chi connectivity index (χ4v) is 1.81. The number of carbonyl (C=O) groups excluding carboxylic acids is 1. The van der Waals surface area contributed by atoms with Crippen molar-refractivity contribution in [2.24, 2.45) is 0 Å². The topological polar surface area (TPSA) is 66.8 Å². The quantitative estimate of drug-likeness (QED) is 0.491. The van der Waals surface area contributed by atoms with Crippen LogP contribution in [0.25, 0.3) is 0 Å². The first kappa shape index (κ1) is 15.8. The number of ketones is 1. The summed E-state index contributed by atoms with van der Waals surface area (Å²) < 4.78 is 5.06. The Morgan fingerprint density at radius 3 is 2.50 bits per heavy atom. The average Bonchev–Trinajstić information content (AvgIpc) is 2.37. The number of methoxy groups -OCH3 is 1. The van der Waals surface area contributed by atoms with Crippen molar-refractivity contribution in [3.05, 3.63) is 41.0 Å². The molecule has 0 amide bonds. The largest absolute Gasteiger partial charge is 0.507 e. The maximum Gasteiger partial charge on any atom is 0.193 e. The molecule has 2 N–H and O–H groups in total. The third kappa shape index (κ3) is 3.41. The van der Waals surface area contributed by atoms with Crippen molar-refractivity contribution in [3.63, 3.8) is 0 Å². The molecule has 0 heterocycles. The van der Waals surface area contributed by atoms with E-state index in [0.717, 1.165) is 5.57 Å². The number of ether oxygens (including phenoxy) is 1. The second-order valence-electron chi connectivity index (χ2n) is 4.65. The molecule has 0 radical (unpaired) electrons. The first-order valence-electron chi connectivity index (χ1n) is 6.34. The predicted octanol–water partition coefficient (Wildman–Crippen LogP) is 3.37. The molecule has 4 heteroatoms. The Balaban J connectivity index is 3.45. The average molecular weight is 276 g/mol. The summed E-state index contributed by atoms with van der Waals surface area (Å²) in [5.74, 6) is -0.527. The molecular weight excluding hydrogens is 256 g/mol. The predicted molar refractivity (Wildman–Crippen MR) is 78.6 cm³/mol. The van der Waals surface area contributed by atoms with Gasteiger partial charge in [0.25, 0.3) is 0 Å². The minimum atomic E-state index is -0.361. The van der Waals surface area contributed by atoms with Crippen LogP contribution in [0.1, 0.15) is 36.7 Å². The summed E-state index contributed by atoms with van der Waals surface area (Å²) in [6.07, 6.45) is 5.15. The SMILES string of the molecule is CC=CC(=O)c1c(OC)cc(O)c(CC=C(C)C)c1O. The number of allylic oxidation sites excluding steroid dienone is 4. The third-order valence-electron chi connectivity index (χ3n) is 2.84. The van der Waals surface area contributed by atoms with E-state index in [2.05, 4.69) is 0 Å². The maximum absolute atomic E-state index is 12.0. The van der Waals surface area contributed by atoms with Gasteiger partial charge in [-0.2, -0.15) is 0 Å². The van der Waals surface area contributed by atoms with Crippen molar-refractivity contribution in [2.75, 3.05) is 7.11 Å². The summed E-state index contributed by atoms with van der Waals surface area (Å²) in [5.41, 5.74) is 1.45. The minimum absolute atomic E-state index is 0.0700. The smallest absolute Gasteiger partial charge is 0.193 e. The van der Waals surface area contributed by atoms with Gasteiger partial charge in [-0.15, -0.1) is 0 Å². The van der Waals surface area contributed by atoms with E-state index in [0.29, 0.717) is 12.0 Å². The number of hydrogen-bond donors (Lipinski definition) is 2. The highest BCUT2D eigenvalue weighted by molar-refractivity contribution is 6.09. The maximum atomic E-state index is 12.0. The van der Waals surface area contributed by atoms with Gasteiger partial charge in [0.1, 0.15) is 22.8 Å². The summed E-state index contributed by atoms with van der Waals surface area (Å²) in [7, 11) is 1.39. The van der Waals surface area contributed by atoms with Crippen molar-refractivity contribution in [1.29, 1.82) is 0 Å². The molecule has 4 nitrogen and oxygen atoms in total. The minimum Gasteiger partial charge on any atom is -0.507 e. The molecule has 20 heavy (non-hydrogen) atoms. The zero-order chi connectivity index (χ0) is 15.3. The van der Waals surface area contributed by atoms with E-state index in [1.165, 1.54) is 19.3 Å². The van der Waals surface area contributed by atoms with Gasteiger partial charge >= 0.3 is 0 Å². The number of phenolic OH excluding ortho intramolecular Hbond substituents is 2. The highest BCUT2D eigenvalue weighted by Crippen LogP contribution is 2.38. The van der Waals surface area contributed by atoms with Crippen molar-refractivity contribution in [1.82, 2.24) is 0 Å². The number of phenols is 2. The molecule has 0 unspecified atom stereocenters. The van der Waals surface area contributed by atoms with Gasteiger partial charge in [0, 0.05) is 11.6 Å². The monoisotopic (exact) mass is 276 g/mol. The van der Waals surface area contributed by atoms with Crippen LogP contribution in [0.2, 0.25) is 0 Å². The summed E-state index contributed by atoms with van der Waals surface area (Å²) >= 11 is 0. The van der Waals surface area contributed by atoms with E-state index in [1.54, 1.807) is 13.0 Å². The molecule has 1 rings (SSSR count). The second-order valence-corrected chi connectivity index (χ2v) is 4.65. The number of aromatic hydroxyl groups is 2. The normalized spacial score (nSPS) is 10.6. The molecule has 1 aromatic rings. The van der Waals surface area contributed by atoms with E-state index in [9.17, 15) is 15.0 Å². The van der Waals surface area contributed by atoms with Crippen LogP contribution < -0.4 is 4.74 Å². The van der Waals surface area contributed by atoms with Crippen LogP contribution in [0.4, 0.5) is 0 Å². The Morgan fingerprint density at radius 1 is 1.35 bits per heavy atom. The van der Waals surface area contributed by atoms with Gasteiger partial charge < -0.3 is 14.9 Å². The van der Waals surface area contributed by atoms with Gasteiger partial charge in [-0.05, 0) is 33.3 Å². The van der Waals surface area contributed by atoms with Crippen LogP contribution in [0.5, 0.6) is 17.2 Å². The van der Waals surface area contributed by atoms with E-state index >= 15 is 0 Å². The Hall–Kier alpha value is -2.23. The van der Waals surface area contributed by atoms with Gasteiger partial charge in [-0.25, -0.2) is 0 Å². The van der Waals surface area contributed by atoms with Crippen LogP contribution in [0, 0.1) is 0 Å². The second kappa shape index (κ2) is 6.80. The summed E-state index contributed by atoms with van der Waals surface area (Å²) in [6.45, 7) is 5.55. The lowest BCUT2D eigenvalue weighted by Crippen LogP contribution is -2.02. The van der Waals surface area contributed by atoms with Crippen molar-refractivity contribution < 1.29 is 19.7 Å². The molecule has 0 atom stereocenters. The fraction of sp³-hybridized carbons (Fsp3) is 0.312. The zero-order valence-electron chi connectivity index (χ0n) is 12.2. The first-order chi connectivity index (χ1) is 9.42. The standard InChI is InChI=1S/C16H20O4/c1-5-6-12(17)15-14(20-4)9-13(18)11(16(15)19)8-7-10(2)3/h5-7,9,18-19H,8H2,1-4H3.